The molecule has 0 spiro atoms. The Kier molecular flexibility index (Phi) is 3.19. The maximum Gasteiger partial charge on any atom is 0.223 e. The van der Waals surface area contributed by atoms with Gasteiger partial charge in [0.25, 0.3) is 0 Å². The second-order valence-electron chi connectivity index (χ2n) is 5.56. The minimum atomic E-state index is -0.153. The van der Waals surface area contributed by atoms with E-state index in [9.17, 15) is 4.79 Å². The lowest BCUT2D eigenvalue weighted by Gasteiger charge is -2.23. The number of hydrogen-bond donors (Lipinski definition) is 2. The van der Waals surface area contributed by atoms with Gasteiger partial charge in [0.05, 0.1) is 11.0 Å². The first-order valence-electron chi connectivity index (χ1n) is 6.08. The van der Waals surface area contributed by atoms with Crippen LogP contribution >= 0.6 is 12.2 Å². The first-order valence-corrected chi connectivity index (χ1v) is 6.49. The van der Waals surface area contributed by atoms with Crippen LogP contribution < -0.4 is 11.1 Å². The van der Waals surface area contributed by atoms with Crippen LogP contribution in [0.2, 0.25) is 0 Å². The summed E-state index contributed by atoms with van der Waals surface area (Å²) in [5, 5.41) is 2.99. The number of thiocarbonyl (C=S) groups is 1. The van der Waals surface area contributed by atoms with E-state index in [1.165, 1.54) is 6.42 Å². The number of fused-ring (bicyclic) bond motifs is 1. The van der Waals surface area contributed by atoms with E-state index in [0.29, 0.717) is 4.99 Å². The van der Waals surface area contributed by atoms with Crippen LogP contribution in [0.4, 0.5) is 0 Å². The van der Waals surface area contributed by atoms with Crippen molar-refractivity contribution in [1.82, 2.24) is 5.32 Å². The van der Waals surface area contributed by atoms with E-state index < -0.39 is 0 Å². The van der Waals surface area contributed by atoms with Crippen LogP contribution in [0.5, 0.6) is 0 Å². The van der Waals surface area contributed by atoms with Crippen LogP contribution in [0, 0.1) is 23.7 Å². The molecule has 3 nitrogen and oxygen atoms in total. The average Bonchev–Trinajstić information content (AvgIpc) is 2.81. The molecule has 1 amide bonds. The van der Waals surface area contributed by atoms with Crippen molar-refractivity contribution in [2.75, 3.05) is 0 Å². The molecule has 3 N–H and O–H groups in total. The van der Waals surface area contributed by atoms with Crippen molar-refractivity contribution in [2.24, 2.45) is 29.4 Å². The van der Waals surface area contributed by atoms with E-state index in [4.69, 9.17) is 18.0 Å². The molecule has 3 unspecified atom stereocenters. The number of hydrogen-bond acceptors (Lipinski definition) is 2. The molecule has 0 aromatic heterocycles. The van der Waals surface area contributed by atoms with E-state index in [2.05, 4.69) is 5.32 Å². The number of nitrogens with one attached hydrogen (secondary N) is 1. The molecule has 2 aliphatic rings. The third-order valence-corrected chi connectivity index (χ3v) is 4.14. The summed E-state index contributed by atoms with van der Waals surface area (Å²) in [4.78, 5) is 12.4. The predicted octanol–water partition coefficient (Wildman–Crippen LogP) is 1.46. The Bertz CT molecular complexity index is 306. The third kappa shape index (κ3) is 2.37. The Morgan fingerprint density at radius 1 is 1.31 bits per heavy atom. The molecule has 2 saturated carbocycles. The highest BCUT2D eigenvalue weighted by atomic mass is 32.1. The zero-order valence-corrected chi connectivity index (χ0v) is 10.7. The maximum absolute atomic E-state index is 12.0. The highest BCUT2D eigenvalue weighted by Gasteiger charge is 2.48. The number of rotatable bonds is 4. The van der Waals surface area contributed by atoms with Gasteiger partial charge in [-0.3, -0.25) is 4.79 Å². The molecule has 2 rings (SSSR count). The van der Waals surface area contributed by atoms with Gasteiger partial charge >= 0.3 is 0 Å². The van der Waals surface area contributed by atoms with Crippen molar-refractivity contribution >= 4 is 23.1 Å². The van der Waals surface area contributed by atoms with Crippen molar-refractivity contribution in [2.45, 2.75) is 39.2 Å². The Hall–Kier alpha value is -0.640. The third-order valence-electron chi connectivity index (χ3n) is 3.89. The monoisotopic (exact) mass is 240 g/mol. The summed E-state index contributed by atoms with van der Waals surface area (Å²) >= 11 is 4.98. The minimum absolute atomic E-state index is 0.152. The largest absolute Gasteiger partial charge is 0.392 e. The van der Waals surface area contributed by atoms with Gasteiger partial charge < -0.3 is 11.1 Å². The van der Waals surface area contributed by atoms with Crippen LogP contribution in [-0.4, -0.2) is 16.9 Å². The second kappa shape index (κ2) is 4.32. The maximum atomic E-state index is 12.0. The summed E-state index contributed by atoms with van der Waals surface area (Å²) in [5.74, 6) is 2.28. The molecule has 0 aliphatic heterocycles. The smallest absolute Gasteiger partial charge is 0.223 e. The molecule has 0 heterocycles. The lowest BCUT2D eigenvalue weighted by atomic mass is 9.99. The molecule has 0 saturated heterocycles. The SMILES string of the molecule is CC(C)C(NC(=O)C1CC2CC2C1)C(N)=S. The summed E-state index contributed by atoms with van der Waals surface area (Å²) in [6, 6.07) is -0.153. The first kappa shape index (κ1) is 11.8. The highest BCUT2D eigenvalue weighted by Crippen LogP contribution is 2.54. The average molecular weight is 240 g/mol. The van der Waals surface area contributed by atoms with Crippen LogP contribution in [0.15, 0.2) is 0 Å². The molecular weight excluding hydrogens is 220 g/mol. The molecule has 16 heavy (non-hydrogen) atoms. The molecule has 0 bridgehead atoms. The standard InChI is InChI=1S/C12H20N2OS/c1-6(2)10(11(13)16)14-12(15)9-4-7-3-8(7)5-9/h6-10H,3-5H2,1-2H3,(H2,13,16)(H,14,15). The summed E-state index contributed by atoms with van der Waals surface area (Å²) in [5.41, 5.74) is 5.64. The molecule has 3 atom stereocenters. The van der Waals surface area contributed by atoms with Gasteiger partial charge in [-0.25, -0.2) is 0 Å². The normalized spacial score (nSPS) is 33.3. The molecule has 0 aromatic carbocycles. The predicted molar refractivity (Wildman–Crippen MR) is 67.9 cm³/mol. The van der Waals surface area contributed by atoms with Crippen LogP contribution in [-0.2, 0) is 4.79 Å². The zero-order valence-electron chi connectivity index (χ0n) is 9.90. The van der Waals surface area contributed by atoms with Gasteiger partial charge in [0.15, 0.2) is 0 Å². The van der Waals surface area contributed by atoms with Crippen molar-refractivity contribution in [3.05, 3.63) is 0 Å². The Morgan fingerprint density at radius 3 is 2.31 bits per heavy atom. The van der Waals surface area contributed by atoms with Gasteiger partial charge in [0, 0.05) is 5.92 Å². The number of carbonyl (C=O) groups excluding carboxylic acids is 1. The fraction of sp³-hybridized carbons (Fsp3) is 0.833. The Morgan fingerprint density at radius 2 is 1.88 bits per heavy atom. The number of carbonyl (C=O) groups is 1. The van der Waals surface area contributed by atoms with Crippen LogP contribution in [0.25, 0.3) is 0 Å². The van der Waals surface area contributed by atoms with Crippen LogP contribution in [0.3, 0.4) is 0 Å². The minimum Gasteiger partial charge on any atom is -0.392 e. The van der Waals surface area contributed by atoms with Gasteiger partial charge in [0.2, 0.25) is 5.91 Å². The Balaban J connectivity index is 1.87. The van der Waals surface area contributed by atoms with Gasteiger partial charge in [-0.15, -0.1) is 0 Å². The van der Waals surface area contributed by atoms with Gasteiger partial charge in [-0.05, 0) is 37.0 Å². The van der Waals surface area contributed by atoms with Crippen LogP contribution in [0.1, 0.15) is 33.1 Å². The van der Waals surface area contributed by atoms with Crippen molar-refractivity contribution in [3.63, 3.8) is 0 Å². The topological polar surface area (TPSA) is 55.1 Å². The van der Waals surface area contributed by atoms with Crippen molar-refractivity contribution in [1.29, 1.82) is 0 Å². The molecule has 0 radical (unpaired) electrons. The van der Waals surface area contributed by atoms with E-state index >= 15 is 0 Å². The van der Waals surface area contributed by atoms with E-state index in [0.717, 1.165) is 24.7 Å². The lowest BCUT2D eigenvalue weighted by Crippen LogP contribution is -2.48. The summed E-state index contributed by atoms with van der Waals surface area (Å²) in [6.07, 6.45) is 3.48. The summed E-state index contributed by atoms with van der Waals surface area (Å²) in [7, 11) is 0. The van der Waals surface area contributed by atoms with E-state index in [-0.39, 0.29) is 23.8 Å². The summed E-state index contributed by atoms with van der Waals surface area (Å²) < 4.78 is 0. The molecule has 4 heteroatoms. The fourth-order valence-electron chi connectivity index (χ4n) is 2.77. The molecule has 2 fully saturated rings. The Labute approximate surface area is 102 Å². The number of nitrogens with two attached hydrogens (primary N) is 1. The number of amides is 1. The van der Waals surface area contributed by atoms with Crippen molar-refractivity contribution < 1.29 is 4.79 Å². The molecular formula is C12H20N2OS. The molecule has 0 aromatic rings. The quantitative estimate of drug-likeness (QED) is 0.731. The van der Waals surface area contributed by atoms with E-state index in [1.807, 2.05) is 13.8 Å². The zero-order chi connectivity index (χ0) is 11.9. The van der Waals surface area contributed by atoms with Gasteiger partial charge in [-0.1, -0.05) is 26.1 Å². The molecule has 2 aliphatic carbocycles. The highest BCUT2D eigenvalue weighted by molar-refractivity contribution is 7.80. The van der Waals surface area contributed by atoms with Gasteiger partial charge in [0.1, 0.15) is 0 Å². The summed E-state index contributed by atoms with van der Waals surface area (Å²) in [6.45, 7) is 4.05. The van der Waals surface area contributed by atoms with Crippen molar-refractivity contribution in [3.8, 4) is 0 Å². The first-order chi connectivity index (χ1) is 7.49. The molecule has 90 valence electrons. The van der Waals surface area contributed by atoms with E-state index in [1.54, 1.807) is 0 Å². The fourth-order valence-corrected chi connectivity index (χ4v) is 3.10. The second-order valence-corrected chi connectivity index (χ2v) is 6.03. The lowest BCUT2D eigenvalue weighted by molar-refractivity contribution is -0.125. The van der Waals surface area contributed by atoms with Gasteiger partial charge in [-0.2, -0.15) is 0 Å².